The molecule has 2 rings (SSSR count). The lowest BCUT2D eigenvalue weighted by molar-refractivity contribution is -0.393. The topological polar surface area (TPSA) is 136 Å². The fourth-order valence-corrected chi connectivity index (χ4v) is 3.56. The third kappa shape index (κ3) is 3.26. The standard InChI is InChI=1S/C13H7Br2N3O6/c14-9-3-6(5-16-20)11(12(15)13(9)19)8-2-1-7(17(21)22)4-10(8)18(23)24/h1-4,19H,5H2. The van der Waals surface area contributed by atoms with Crippen LogP contribution in [-0.4, -0.2) is 15.0 Å². The summed E-state index contributed by atoms with van der Waals surface area (Å²) in [5.74, 6) is -0.229. The second-order valence-electron chi connectivity index (χ2n) is 4.56. The van der Waals surface area contributed by atoms with Crippen molar-refractivity contribution >= 4 is 43.2 Å². The zero-order chi connectivity index (χ0) is 18.0. The van der Waals surface area contributed by atoms with Gasteiger partial charge in [0.05, 0.1) is 30.4 Å². The lowest BCUT2D eigenvalue weighted by Crippen LogP contribution is -1.98. The summed E-state index contributed by atoms with van der Waals surface area (Å²) in [5.41, 5.74) is -0.494. The molecule has 0 amide bonds. The first-order valence-electron chi connectivity index (χ1n) is 6.20. The number of phenolic OH excluding ortho intramolecular Hbond substituents is 1. The molecular formula is C13H7Br2N3O6. The van der Waals surface area contributed by atoms with Gasteiger partial charge in [-0.3, -0.25) is 20.2 Å². The van der Waals surface area contributed by atoms with Crippen molar-refractivity contribution in [2.45, 2.75) is 6.54 Å². The smallest absolute Gasteiger partial charge is 0.284 e. The van der Waals surface area contributed by atoms with Gasteiger partial charge in [-0.25, -0.2) is 0 Å². The van der Waals surface area contributed by atoms with E-state index >= 15 is 0 Å². The minimum absolute atomic E-state index is 0.0129. The number of hydrogen-bond donors (Lipinski definition) is 1. The Balaban J connectivity index is 2.85. The first-order chi connectivity index (χ1) is 11.3. The van der Waals surface area contributed by atoms with Crippen molar-refractivity contribution in [3.8, 4) is 16.9 Å². The number of nitrogens with zero attached hydrogens (tertiary/aromatic N) is 3. The summed E-state index contributed by atoms with van der Waals surface area (Å²) >= 11 is 6.24. The molecule has 0 heterocycles. The normalized spacial score (nSPS) is 10.4. The van der Waals surface area contributed by atoms with Crippen LogP contribution in [0.2, 0.25) is 0 Å². The molecule has 124 valence electrons. The zero-order valence-electron chi connectivity index (χ0n) is 11.6. The van der Waals surface area contributed by atoms with Gasteiger partial charge in [-0.15, -0.1) is 0 Å². The van der Waals surface area contributed by atoms with Gasteiger partial charge in [0, 0.05) is 11.6 Å². The van der Waals surface area contributed by atoms with E-state index < -0.39 is 21.2 Å². The van der Waals surface area contributed by atoms with Crippen LogP contribution < -0.4 is 0 Å². The Hall–Kier alpha value is -2.40. The molecule has 0 bridgehead atoms. The average Bonchev–Trinajstić information content (AvgIpc) is 2.52. The van der Waals surface area contributed by atoms with Crippen molar-refractivity contribution < 1.29 is 15.0 Å². The van der Waals surface area contributed by atoms with Crippen molar-refractivity contribution in [2.24, 2.45) is 5.18 Å². The van der Waals surface area contributed by atoms with Gasteiger partial charge in [0.1, 0.15) is 12.3 Å². The molecule has 2 aromatic rings. The van der Waals surface area contributed by atoms with E-state index in [1.165, 1.54) is 12.1 Å². The van der Waals surface area contributed by atoms with Crippen LogP contribution in [0.5, 0.6) is 5.75 Å². The van der Waals surface area contributed by atoms with Gasteiger partial charge in [-0.05, 0) is 49.6 Å². The van der Waals surface area contributed by atoms with Crippen LogP contribution in [0.3, 0.4) is 0 Å². The molecule has 0 radical (unpaired) electrons. The summed E-state index contributed by atoms with van der Waals surface area (Å²) in [4.78, 5) is 31.3. The van der Waals surface area contributed by atoms with Crippen molar-refractivity contribution in [3.05, 3.63) is 63.9 Å². The van der Waals surface area contributed by atoms with Gasteiger partial charge in [0.2, 0.25) is 0 Å². The number of rotatable bonds is 5. The summed E-state index contributed by atoms with van der Waals surface area (Å²) < 4.78 is 0.369. The summed E-state index contributed by atoms with van der Waals surface area (Å²) in [5, 5.41) is 34.9. The maximum absolute atomic E-state index is 11.3. The molecule has 0 fully saturated rings. The SMILES string of the molecule is O=NCc1cc(Br)c(O)c(Br)c1-c1ccc([N+](=O)[O-])cc1[N+](=O)[O-]. The highest BCUT2D eigenvalue weighted by Crippen LogP contribution is 2.45. The number of nitro groups is 2. The van der Waals surface area contributed by atoms with Gasteiger partial charge in [-0.1, -0.05) is 5.18 Å². The van der Waals surface area contributed by atoms with Crippen LogP contribution in [0.4, 0.5) is 11.4 Å². The third-order valence-corrected chi connectivity index (χ3v) is 4.55. The predicted octanol–water partition coefficient (Wildman–Crippen LogP) is 4.67. The van der Waals surface area contributed by atoms with E-state index in [0.717, 1.165) is 12.1 Å². The maximum Gasteiger partial charge on any atom is 0.284 e. The molecule has 0 aliphatic rings. The molecule has 0 saturated carbocycles. The Labute approximate surface area is 150 Å². The molecule has 2 aromatic carbocycles. The van der Waals surface area contributed by atoms with Crippen LogP contribution in [0, 0.1) is 25.1 Å². The van der Waals surface area contributed by atoms with Crippen molar-refractivity contribution in [2.75, 3.05) is 0 Å². The summed E-state index contributed by atoms with van der Waals surface area (Å²) in [7, 11) is 0. The second kappa shape index (κ2) is 7.01. The molecule has 0 saturated heterocycles. The minimum atomic E-state index is -0.772. The van der Waals surface area contributed by atoms with E-state index in [0.29, 0.717) is 5.56 Å². The molecule has 0 atom stereocenters. The molecular weight excluding hydrogens is 454 g/mol. The molecule has 0 aliphatic heterocycles. The highest BCUT2D eigenvalue weighted by molar-refractivity contribution is 9.11. The zero-order valence-corrected chi connectivity index (χ0v) is 14.8. The van der Waals surface area contributed by atoms with E-state index in [1.807, 2.05) is 0 Å². The Kier molecular flexibility index (Phi) is 5.24. The molecule has 24 heavy (non-hydrogen) atoms. The van der Waals surface area contributed by atoms with Crippen LogP contribution in [0.25, 0.3) is 11.1 Å². The molecule has 0 aliphatic carbocycles. The Morgan fingerprint density at radius 3 is 2.33 bits per heavy atom. The van der Waals surface area contributed by atoms with E-state index in [2.05, 4.69) is 37.0 Å². The van der Waals surface area contributed by atoms with Crippen LogP contribution >= 0.6 is 31.9 Å². The highest BCUT2D eigenvalue weighted by Gasteiger charge is 2.26. The minimum Gasteiger partial charge on any atom is -0.506 e. The Bertz CT molecular complexity index is 871. The molecule has 0 spiro atoms. The van der Waals surface area contributed by atoms with Gasteiger partial charge in [0.25, 0.3) is 11.4 Å². The van der Waals surface area contributed by atoms with Crippen molar-refractivity contribution in [1.82, 2.24) is 0 Å². The fourth-order valence-electron chi connectivity index (χ4n) is 2.14. The number of aromatic hydroxyl groups is 1. The highest BCUT2D eigenvalue weighted by atomic mass is 79.9. The van der Waals surface area contributed by atoms with Gasteiger partial charge >= 0.3 is 0 Å². The quantitative estimate of drug-likeness (QED) is 0.391. The molecule has 0 aromatic heterocycles. The van der Waals surface area contributed by atoms with Crippen LogP contribution in [0.1, 0.15) is 5.56 Å². The monoisotopic (exact) mass is 459 g/mol. The van der Waals surface area contributed by atoms with Crippen LogP contribution in [0.15, 0.2) is 38.4 Å². The van der Waals surface area contributed by atoms with Crippen LogP contribution in [-0.2, 0) is 6.54 Å². The Morgan fingerprint density at radius 2 is 1.79 bits per heavy atom. The van der Waals surface area contributed by atoms with E-state index in [9.17, 15) is 30.2 Å². The Morgan fingerprint density at radius 1 is 1.12 bits per heavy atom. The second-order valence-corrected chi connectivity index (χ2v) is 6.21. The van der Waals surface area contributed by atoms with Crippen molar-refractivity contribution in [1.29, 1.82) is 0 Å². The number of non-ortho nitro benzene ring substituents is 1. The number of halogens is 2. The number of nitroso groups, excluding NO2 is 1. The molecule has 11 heteroatoms. The average molecular weight is 461 g/mol. The largest absolute Gasteiger partial charge is 0.506 e. The fraction of sp³-hybridized carbons (Fsp3) is 0.0769. The summed E-state index contributed by atoms with van der Waals surface area (Å²) in [6.45, 7) is -0.305. The molecule has 1 N–H and O–H groups in total. The first kappa shape index (κ1) is 17.9. The summed E-state index contributed by atoms with van der Waals surface area (Å²) in [6, 6.07) is 4.52. The lowest BCUT2D eigenvalue weighted by Gasteiger charge is -2.13. The number of phenols is 1. The maximum atomic E-state index is 11.3. The number of benzene rings is 2. The first-order valence-corrected chi connectivity index (χ1v) is 7.78. The number of hydrogen-bond acceptors (Lipinski definition) is 7. The summed E-state index contributed by atoms with van der Waals surface area (Å²) in [6.07, 6.45) is 0. The number of nitro benzene ring substituents is 2. The van der Waals surface area contributed by atoms with Gasteiger partial charge in [-0.2, -0.15) is 4.91 Å². The third-order valence-electron chi connectivity index (χ3n) is 3.17. The van der Waals surface area contributed by atoms with E-state index in [1.54, 1.807) is 0 Å². The molecule has 9 nitrogen and oxygen atoms in total. The lowest BCUT2D eigenvalue weighted by atomic mass is 9.97. The van der Waals surface area contributed by atoms with Gasteiger partial charge in [0.15, 0.2) is 0 Å². The van der Waals surface area contributed by atoms with Gasteiger partial charge < -0.3 is 5.11 Å². The predicted molar refractivity (Wildman–Crippen MR) is 91.8 cm³/mol. The van der Waals surface area contributed by atoms with E-state index in [-0.39, 0.29) is 32.4 Å². The van der Waals surface area contributed by atoms with E-state index in [4.69, 9.17) is 0 Å². The van der Waals surface area contributed by atoms with Crippen molar-refractivity contribution in [3.63, 3.8) is 0 Å². The molecule has 0 unspecified atom stereocenters.